The first-order valence-corrected chi connectivity index (χ1v) is 1.82. The zero-order valence-electron chi connectivity index (χ0n) is 3.63. The summed E-state index contributed by atoms with van der Waals surface area (Å²) in [6.45, 7) is 0. The summed E-state index contributed by atoms with van der Waals surface area (Å²) in [5.74, 6) is 0. The summed E-state index contributed by atoms with van der Waals surface area (Å²) in [7, 11) is 0. The Morgan fingerprint density at radius 3 is 1.14 bits per heavy atom. The topological polar surface area (TPSA) is 0 Å². The van der Waals surface area contributed by atoms with Crippen molar-refractivity contribution in [3.63, 3.8) is 0 Å². The van der Waals surface area contributed by atoms with Gasteiger partial charge in [0.25, 0.3) is 0 Å². The third-order valence-electron chi connectivity index (χ3n) is 0.552. The fourth-order valence-corrected chi connectivity index (χ4v) is 0.304. The van der Waals surface area contributed by atoms with E-state index in [1.807, 2.05) is 24.3 Å². The first-order valence-electron chi connectivity index (χ1n) is 1.82. The average molecular weight is 135 g/mol. The van der Waals surface area contributed by atoms with Gasteiger partial charge in [-0.15, -0.1) is 0 Å². The summed E-state index contributed by atoms with van der Waals surface area (Å²) in [6, 6.07) is 13.0. The van der Waals surface area contributed by atoms with E-state index in [9.17, 15) is 0 Å². The Labute approximate surface area is 53.5 Å². The van der Waals surface area contributed by atoms with Gasteiger partial charge in [-0.1, -0.05) is 0 Å². The molecule has 1 heteroatoms. The summed E-state index contributed by atoms with van der Waals surface area (Å²) in [5, 5.41) is 0. The maximum absolute atomic E-state index is 2.86. The third-order valence-corrected chi connectivity index (χ3v) is 0.552. The number of rotatable bonds is 0. The van der Waals surface area contributed by atoms with Gasteiger partial charge in [-0.3, -0.25) is 24.3 Å². The Balaban J connectivity index is 0.000000360. The summed E-state index contributed by atoms with van der Waals surface area (Å²) in [5.41, 5.74) is 0. The molecular weight excluding hydrogens is 131 g/mol. The van der Waals surface area contributed by atoms with Gasteiger partial charge in [0.1, 0.15) is 0 Å². The van der Waals surface area contributed by atoms with Crippen molar-refractivity contribution in [3.8, 4) is 0 Å². The largest absolute Gasteiger partial charge is 2.00 e. The van der Waals surface area contributed by atoms with E-state index in [0.717, 1.165) is 0 Å². The molecule has 0 saturated carbocycles. The van der Waals surface area contributed by atoms with Gasteiger partial charge in [0.05, 0.1) is 0 Å². The van der Waals surface area contributed by atoms with Crippen molar-refractivity contribution < 1.29 is 16.5 Å². The molecule has 0 heterocycles. The molecule has 1 aromatic rings. The molecular formula is C6H4Ni. The maximum atomic E-state index is 2.86. The minimum absolute atomic E-state index is 0. The Bertz CT molecular complexity index is 76.1. The standard InChI is InChI=1S/C6H4.Ni/c1-2-4-6-5-3-1;/h1-2,5-6H;/q-2;+2. The average Bonchev–Trinajstić information content (AvgIpc) is 1.72. The van der Waals surface area contributed by atoms with Crippen LogP contribution in [0.4, 0.5) is 0 Å². The number of hydrogen-bond acceptors (Lipinski definition) is 0. The predicted octanol–water partition coefficient (Wildman–Crippen LogP) is 1.28. The van der Waals surface area contributed by atoms with Gasteiger partial charge in [0.2, 0.25) is 0 Å². The maximum Gasteiger partial charge on any atom is 2.00 e. The quantitative estimate of drug-likeness (QED) is 0.371. The van der Waals surface area contributed by atoms with Gasteiger partial charge < -0.3 is 12.1 Å². The number of hydrogen-bond donors (Lipinski definition) is 0. The van der Waals surface area contributed by atoms with Crippen LogP contribution in [-0.4, -0.2) is 0 Å². The third kappa shape index (κ3) is 2.41. The van der Waals surface area contributed by atoms with Crippen molar-refractivity contribution in [1.82, 2.24) is 0 Å². The van der Waals surface area contributed by atoms with Crippen molar-refractivity contribution in [2.45, 2.75) is 0 Å². The monoisotopic (exact) mass is 134 g/mol. The molecule has 1 rings (SSSR count). The van der Waals surface area contributed by atoms with Crippen molar-refractivity contribution >= 4 is 0 Å². The van der Waals surface area contributed by atoms with Gasteiger partial charge in [-0.05, 0) is 0 Å². The molecule has 0 aliphatic heterocycles. The Hall–Kier alpha value is -0.286. The van der Waals surface area contributed by atoms with Crippen LogP contribution < -0.4 is 0 Å². The van der Waals surface area contributed by atoms with E-state index in [2.05, 4.69) is 12.1 Å². The fourth-order valence-electron chi connectivity index (χ4n) is 0.304. The number of benzene rings is 1. The molecule has 0 radical (unpaired) electrons. The molecule has 0 bridgehead atoms. The van der Waals surface area contributed by atoms with E-state index in [1.54, 1.807) is 0 Å². The molecule has 0 aromatic heterocycles. The van der Waals surface area contributed by atoms with Crippen LogP contribution in [0.1, 0.15) is 0 Å². The van der Waals surface area contributed by atoms with E-state index in [0.29, 0.717) is 0 Å². The molecule has 0 unspecified atom stereocenters. The molecule has 38 valence electrons. The molecule has 7 heavy (non-hydrogen) atoms. The first kappa shape index (κ1) is 6.71. The molecule has 0 atom stereocenters. The Kier molecular flexibility index (Phi) is 3.73. The van der Waals surface area contributed by atoms with E-state index in [-0.39, 0.29) is 16.5 Å². The van der Waals surface area contributed by atoms with Gasteiger partial charge in [0.15, 0.2) is 0 Å². The molecule has 0 nitrogen and oxygen atoms in total. The minimum atomic E-state index is 0. The van der Waals surface area contributed by atoms with Crippen LogP contribution in [0.15, 0.2) is 24.3 Å². The van der Waals surface area contributed by atoms with Crippen molar-refractivity contribution in [2.75, 3.05) is 0 Å². The van der Waals surface area contributed by atoms with E-state index in [4.69, 9.17) is 0 Å². The SMILES string of the molecule is [Ni+2].[c-]1cc[c-]cc1. The smallest absolute Gasteiger partial charge is 0.319 e. The molecule has 0 amide bonds. The summed E-state index contributed by atoms with van der Waals surface area (Å²) >= 11 is 0. The van der Waals surface area contributed by atoms with Crippen LogP contribution in [0.5, 0.6) is 0 Å². The second-order valence-corrected chi connectivity index (χ2v) is 1.00. The van der Waals surface area contributed by atoms with Gasteiger partial charge >= 0.3 is 16.5 Å². The van der Waals surface area contributed by atoms with Crippen LogP contribution in [0.25, 0.3) is 0 Å². The first-order chi connectivity index (χ1) is 3.00. The zero-order chi connectivity index (χ0) is 4.24. The van der Waals surface area contributed by atoms with Crippen molar-refractivity contribution in [1.29, 1.82) is 0 Å². The van der Waals surface area contributed by atoms with Crippen molar-refractivity contribution in [2.24, 2.45) is 0 Å². The molecule has 0 aliphatic carbocycles. The summed E-state index contributed by atoms with van der Waals surface area (Å²) < 4.78 is 0. The molecule has 0 N–H and O–H groups in total. The molecule has 0 spiro atoms. The molecule has 0 saturated heterocycles. The summed E-state index contributed by atoms with van der Waals surface area (Å²) in [6.07, 6.45) is 0. The van der Waals surface area contributed by atoms with E-state index < -0.39 is 0 Å². The molecule has 0 fully saturated rings. The van der Waals surface area contributed by atoms with E-state index in [1.165, 1.54) is 0 Å². The van der Waals surface area contributed by atoms with Crippen LogP contribution in [-0.2, 0) is 16.5 Å². The molecule has 0 aliphatic rings. The second-order valence-electron chi connectivity index (χ2n) is 1.00. The van der Waals surface area contributed by atoms with Gasteiger partial charge in [0, 0.05) is 0 Å². The van der Waals surface area contributed by atoms with Crippen LogP contribution in [0.3, 0.4) is 0 Å². The predicted molar refractivity (Wildman–Crippen MR) is 24.1 cm³/mol. The zero-order valence-corrected chi connectivity index (χ0v) is 4.61. The second kappa shape index (κ2) is 3.89. The Morgan fingerprint density at radius 1 is 0.714 bits per heavy atom. The fraction of sp³-hybridized carbons (Fsp3) is 0. The summed E-state index contributed by atoms with van der Waals surface area (Å²) in [4.78, 5) is 0. The van der Waals surface area contributed by atoms with Gasteiger partial charge in [-0.2, -0.15) is 0 Å². The van der Waals surface area contributed by atoms with E-state index >= 15 is 0 Å². The normalized spacial score (nSPS) is 6.86. The Morgan fingerprint density at radius 2 is 1.00 bits per heavy atom. The van der Waals surface area contributed by atoms with Crippen LogP contribution >= 0.6 is 0 Å². The van der Waals surface area contributed by atoms with Crippen LogP contribution in [0, 0.1) is 12.1 Å². The van der Waals surface area contributed by atoms with Gasteiger partial charge in [-0.25, -0.2) is 0 Å². The molecule has 1 aromatic carbocycles. The van der Waals surface area contributed by atoms with Crippen LogP contribution in [0.2, 0.25) is 0 Å². The van der Waals surface area contributed by atoms with Crippen molar-refractivity contribution in [3.05, 3.63) is 36.4 Å². The minimum Gasteiger partial charge on any atom is -0.319 e.